The number of carbonyl (C=O) groups excluding carboxylic acids is 1. The third kappa shape index (κ3) is 2.32. The molecule has 0 spiro atoms. The second-order valence-corrected chi connectivity index (χ2v) is 7.20. The summed E-state index contributed by atoms with van der Waals surface area (Å²) in [5, 5.41) is 11.0. The summed E-state index contributed by atoms with van der Waals surface area (Å²) >= 11 is 17.3. The molecule has 3 rings (SSSR count). The van der Waals surface area contributed by atoms with Crippen molar-refractivity contribution in [2.45, 2.75) is 16.0 Å². The van der Waals surface area contributed by atoms with Crippen molar-refractivity contribution in [3.8, 4) is 17.2 Å². The van der Waals surface area contributed by atoms with Gasteiger partial charge in [-0.15, -0.1) is 0 Å². The monoisotopic (exact) mass is 380 g/mol. The highest BCUT2D eigenvalue weighted by Crippen LogP contribution is 2.53. The number of furan rings is 1. The minimum atomic E-state index is -2.35. The Morgan fingerprint density at radius 1 is 1.26 bits per heavy atom. The molecular weight excluding hydrogens is 371 g/mol. The number of Topliss-reactive ketones (excluding diaryl/α,β-unsaturated/α-hetero) is 1. The van der Waals surface area contributed by atoms with E-state index in [0.29, 0.717) is 5.39 Å². The summed E-state index contributed by atoms with van der Waals surface area (Å²) in [6.07, 6.45) is 0.853. The summed E-state index contributed by atoms with van der Waals surface area (Å²) in [7, 11) is 2.76. The van der Waals surface area contributed by atoms with E-state index < -0.39 is 21.8 Å². The molecule has 2 aromatic rings. The summed E-state index contributed by atoms with van der Waals surface area (Å²) in [4.78, 5) is 12.6. The molecule has 1 aromatic heterocycles. The van der Waals surface area contributed by atoms with Crippen LogP contribution in [0.4, 0.5) is 0 Å². The summed E-state index contributed by atoms with van der Waals surface area (Å²) < 4.78 is 19.2. The van der Waals surface area contributed by atoms with E-state index in [9.17, 15) is 9.90 Å². The number of hydrogen-bond donors (Lipinski definition) is 1. The van der Waals surface area contributed by atoms with Crippen LogP contribution in [0.25, 0.3) is 11.0 Å². The normalized spacial score (nSPS) is 21.0. The fraction of sp³-hybridized carbons (Fsp3) is 0.357. The Labute approximate surface area is 145 Å². The number of halogens is 3. The SMILES string of the molecule is COc1c2c(c(OC)c3occc13)OC(O)(C(Cl)(Cl)Cl)CC2=O. The fourth-order valence-corrected chi connectivity index (χ4v) is 2.85. The van der Waals surface area contributed by atoms with Crippen molar-refractivity contribution in [1.82, 2.24) is 0 Å². The highest BCUT2D eigenvalue weighted by atomic mass is 35.6. The molecule has 0 fully saturated rings. The molecule has 2 heterocycles. The lowest BCUT2D eigenvalue weighted by atomic mass is 9.96. The number of ketones is 1. The molecular formula is C14H11Cl3O6. The number of alkyl halides is 3. The van der Waals surface area contributed by atoms with Crippen LogP contribution in [0.2, 0.25) is 0 Å². The molecule has 0 bridgehead atoms. The Hall–Kier alpha value is -1.34. The number of fused-ring (bicyclic) bond motifs is 2. The van der Waals surface area contributed by atoms with Gasteiger partial charge in [0.05, 0.1) is 32.3 Å². The van der Waals surface area contributed by atoms with Gasteiger partial charge < -0.3 is 23.7 Å². The first-order valence-electron chi connectivity index (χ1n) is 6.40. The molecule has 6 nitrogen and oxygen atoms in total. The van der Waals surface area contributed by atoms with Crippen molar-refractivity contribution in [1.29, 1.82) is 0 Å². The lowest BCUT2D eigenvalue weighted by Crippen LogP contribution is -2.52. The average Bonchev–Trinajstić information content (AvgIpc) is 2.92. The predicted molar refractivity (Wildman–Crippen MR) is 84.1 cm³/mol. The Morgan fingerprint density at radius 2 is 1.91 bits per heavy atom. The molecule has 0 saturated carbocycles. The predicted octanol–water partition coefficient (Wildman–Crippen LogP) is 3.47. The van der Waals surface area contributed by atoms with Gasteiger partial charge in [-0.3, -0.25) is 4.79 Å². The minimum Gasteiger partial charge on any atom is -0.495 e. The molecule has 0 radical (unpaired) electrons. The van der Waals surface area contributed by atoms with Gasteiger partial charge >= 0.3 is 0 Å². The number of carbonyl (C=O) groups is 1. The van der Waals surface area contributed by atoms with Gasteiger partial charge in [-0.1, -0.05) is 34.8 Å². The lowest BCUT2D eigenvalue weighted by molar-refractivity contribution is -0.136. The molecule has 1 unspecified atom stereocenters. The molecule has 0 amide bonds. The molecule has 0 aliphatic carbocycles. The topological polar surface area (TPSA) is 78.1 Å². The van der Waals surface area contributed by atoms with Gasteiger partial charge in [0.25, 0.3) is 9.58 Å². The third-order valence-corrected chi connectivity index (χ3v) is 4.46. The molecule has 1 aliphatic rings. The van der Waals surface area contributed by atoms with Crippen LogP contribution in [0.3, 0.4) is 0 Å². The number of ether oxygens (including phenoxy) is 3. The Balaban J connectivity index is 2.35. The largest absolute Gasteiger partial charge is 0.495 e. The Kier molecular flexibility index (Phi) is 3.84. The van der Waals surface area contributed by atoms with Gasteiger partial charge in [0.1, 0.15) is 11.3 Å². The van der Waals surface area contributed by atoms with E-state index in [2.05, 4.69) is 0 Å². The zero-order valence-corrected chi connectivity index (χ0v) is 14.3. The van der Waals surface area contributed by atoms with Gasteiger partial charge in [-0.25, -0.2) is 0 Å². The van der Waals surface area contributed by atoms with Crippen molar-refractivity contribution in [2.24, 2.45) is 0 Å². The van der Waals surface area contributed by atoms with Gasteiger partial charge in [0.15, 0.2) is 17.1 Å². The average molecular weight is 382 g/mol. The summed E-state index contributed by atoms with van der Waals surface area (Å²) in [5.41, 5.74) is 0.377. The summed E-state index contributed by atoms with van der Waals surface area (Å²) in [6.45, 7) is 0. The van der Waals surface area contributed by atoms with E-state index in [1.807, 2.05) is 0 Å². The number of methoxy groups -OCH3 is 2. The smallest absolute Gasteiger partial charge is 0.263 e. The number of rotatable bonds is 2. The number of hydrogen-bond acceptors (Lipinski definition) is 6. The van der Waals surface area contributed by atoms with Gasteiger partial charge in [0.2, 0.25) is 5.75 Å². The maximum atomic E-state index is 12.6. The van der Waals surface area contributed by atoms with Crippen molar-refractivity contribution in [3.05, 3.63) is 17.9 Å². The fourth-order valence-electron chi connectivity index (χ4n) is 2.54. The maximum Gasteiger partial charge on any atom is 0.263 e. The molecule has 1 atom stereocenters. The van der Waals surface area contributed by atoms with Crippen molar-refractivity contribution < 1.29 is 28.5 Å². The number of aliphatic hydroxyl groups is 1. The standard InChI is InChI=1S/C14H11Cl3O6/c1-20-9-6-3-4-22-10(6)12(21-2)11-8(9)7(18)5-13(19,23-11)14(15,16)17/h3-4,19H,5H2,1-2H3. The molecule has 1 aromatic carbocycles. The summed E-state index contributed by atoms with van der Waals surface area (Å²) in [6, 6.07) is 1.62. The lowest BCUT2D eigenvalue weighted by Gasteiger charge is -2.38. The van der Waals surface area contributed by atoms with Crippen LogP contribution in [-0.2, 0) is 0 Å². The zero-order valence-electron chi connectivity index (χ0n) is 12.0. The second kappa shape index (κ2) is 5.34. The van der Waals surface area contributed by atoms with Crippen LogP contribution in [-0.4, -0.2) is 34.7 Å². The molecule has 0 saturated heterocycles. The molecule has 124 valence electrons. The second-order valence-electron chi connectivity index (χ2n) is 4.92. The maximum absolute atomic E-state index is 12.6. The Bertz CT molecular complexity index is 794. The zero-order chi connectivity index (χ0) is 17.0. The first-order valence-corrected chi connectivity index (χ1v) is 7.53. The van der Waals surface area contributed by atoms with Gasteiger partial charge in [-0.05, 0) is 6.07 Å². The highest BCUT2D eigenvalue weighted by Gasteiger charge is 2.55. The number of benzene rings is 1. The van der Waals surface area contributed by atoms with Crippen LogP contribution >= 0.6 is 34.8 Å². The highest BCUT2D eigenvalue weighted by molar-refractivity contribution is 6.68. The molecule has 9 heteroatoms. The van der Waals surface area contributed by atoms with E-state index in [1.54, 1.807) is 6.07 Å². The van der Waals surface area contributed by atoms with Crippen molar-refractivity contribution in [3.63, 3.8) is 0 Å². The quantitative estimate of drug-likeness (QED) is 0.803. The minimum absolute atomic E-state index is 0.0946. The first kappa shape index (κ1) is 16.5. The molecule has 23 heavy (non-hydrogen) atoms. The third-order valence-electron chi connectivity index (χ3n) is 3.58. The van der Waals surface area contributed by atoms with E-state index in [4.69, 9.17) is 53.4 Å². The molecule has 1 aliphatic heterocycles. The van der Waals surface area contributed by atoms with Gasteiger partial charge in [-0.2, -0.15) is 0 Å². The van der Waals surface area contributed by atoms with E-state index in [0.717, 1.165) is 0 Å². The van der Waals surface area contributed by atoms with Crippen LogP contribution in [0.5, 0.6) is 17.2 Å². The van der Waals surface area contributed by atoms with E-state index >= 15 is 0 Å². The Morgan fingerprint density at radius 3 is 2.48 bits per heavy atom. The summed E-state index contributed by atoms with van der Waals surface area (Å²) in [5.74, 6) is -2.63. The van der Waals surface area contributed by atoms with Crippen molar-refractivity contribution >= 4 is 51.6 Å². The van der Waals surface area contributed by atoms with Crippen LogP contribution in [0, 0.1) is 0 Å². The van der Waals surface area contributed by atoms with Crippen LogP contribution in [0.1, 0.15) is 16.8 Å². The van der Waals surface area contributed by atoms with E-state index in [1.165, 1.54) is 20.5 Å². The van der Waals surface area contributed by atoms with Crippen LogP contribution in [0.15, 0.2) is 16.7 Å². The van der Waals surface area contributed by atoms with E-state index in [-0.39, 0.29) is 28.4 Å². The van der Waals surface area contributed by atoms with Crippen LogP contribution < -0.4 is 14.2 Å². The molecule has 1 N–H and O–H groups in total. The van der Waals surface area contributed by atoms with Gasteiger partial charge in [0, 0.05) is 0 Å². The first-order chi connectivity index (χ1) is 10.7. The van der Waals surface area contributed by atoms with Crippen molar-refractivity contribution in [2.75, 3.05) is 14.2 Å².